The second kappa shape index (κ2) is 32.3. The zero-order valence-electron chi connectivity index (χ0n) is 13.5. The fourth-order valence-electron chi connectivity index (χ4n) is 0.899. The van der Waals surface area contributed by atoms with Gasteiger partial charge in [0.05, 0.1) is 20.5 Å². The first kappa shape index (κ1) is 29.3. The molecule has 0 saturated carbocycles. The summed E-state index contributed by atoms with van der Waals surface area (Å²) < 4.78 is 35.8. The van der Waals surface area contributed by atoms with Crippen LogP contribution in [0.5, 0.6) is 0 Å². The van der Waals surface area contributed by atoms with E-state index in [9.17, 15) is 13.2 Å². The molecule has 0 N–H and O–H groups in total. The largest absolute Gasteiger partial charge is 0.373 e. The maximum Gasteiger partial charge on any atom is 0.126 e. The van der Waals surface area contributed by atoms with E-state index in [0.29, 0.717) is 13.6 Å². The minimum absolute atomic E-state index is 0. The summed E-state index contributed by atoms with van der Waals surface area (Å²) in [5.41, 5.74) is 9.06. The molecule has 1 aromatic rings. The van der Waals surface area contributed by atoms with Crippen LogP contribution < -0.4 is 0 Å². The summed E-state index contributed by atoms with van der Waals surface area (Å²) in [5, 5.41) is 3.00. The Morgan fingerprint density at radius 2 is 1.61 bits per heavy atom. The summed E-state index contributed by atoms with van der Waals surface area (Å²) in [6.45, 7) is 3.16. The van der Waals surface area contributed by atoms with E-state index in [1.165, 1.54) is 5.56 Å². The minimum atomic E-state index is -0.541. The van der Waals surface area contributed by atoms with Crippen molar-refractivity contribution in [2.24, 2.45) is 5.11 Å². The summed E-state index contributed by atoms with van der Waals surface area (Å²) in [5.74, 6) is 0. The number of aryl methyl sites for hydroxylation is 1. The van der Waals surface area contributed by atoms with Crippen molar-refractivity contribution in [1.82, 2.24) is 0 Å². The fourth-order valence-corrected chi connectivity index (χ4v) is 0.899. The second-order valence-corrected chi connectivity index (χ2v) is 3.49. The first-order valence-corrected chi connectivity index (χ1v) is 6.88. The van der Waals surface area contributed by atoms with Gasteiger partial charge in [-0.1, -0.05) is 56.7 Å². The Labute approximate surface area is 138 Å². The number of alkyl halides is 3. The Hall–Kier alpha value is -1.72. The van der Waals surface area contributed by atoms with Crippen LogP contribution in [0.2, 0.25) is 0 Å². The van der Waals surface area contributed by atoms with Crippen molar-refractivity contribution in [1.29, 1.82) is 0 Å². The molecule has 0 aromatic heterocycles. The van der Waals surface area contributed by atoms with Gasteiger partial charge in [0.2, 0.25) is 0 Å². The Balaban J connectivity index is -0.000000115. The number of benzene rings is 1. The highest BCUT2D eigenvalue weighted by Gasteiger charge is 1.80. The van der Waals surface area contributed by atoms with E-state index >= 15 is 0 Å². The highest BCUT2D eigenvalue weighted by atomic mass is 18.2. The van der Waals surface area contributed by atoms with E-state index in [1.54, 1.807) is 6.92 Å². The van der Waals surface area contributed by atoms with E-state index in [0.717, 1.165) is 6.42 Å². The van der Waals surface area contributed by atoms with Gasteiger partial charge in [0.15, 0.2) is 0 Å². The first-order chi connectivity index (χ1) is 10.8. The molecular formula is C16H30F3N3O. The molecule has 4 nitrogen and oxygen atoms in total. The van der Waals surface area contributed by atoms with Gasteiger partial charge >= 0.3 is 0 Å². The van der Waals surface area contributed by atoms with Gasteiger partial charge in [-0.3, -0.25) is 8.78 Å². The lowest BCUT2D eigenvalue weighted by molar-refractivity contribution is 0.125. The van der Waals surface area contributed by atoms with Crippen LogP contribution in [0.4, 0.5) is 13.2 Å². The van der Waals surface area contributed by atoms with Crippen LogP contribution in [0.3, 0.4) is 0 Å². The molecule has 1 rings (SSSR count). The van der Waals surface area contributed by atoms with Crippen molar-refractivity contribution in [3.63, 3.8) is 0 Å². The number of halogens is 3. The average molecular weight is 334 g/mol. The Bertz CT molecular complexity index is 333. The van der Waals surface area contributed by atoms with Crippen LogP contribution in [0.15, 0.2) is 35.4 Å². The van der Waals surface area contributed by atoms with E-state index in [4.69, 9.17) is 5.53 Å². The summed E-state index contributed by atoms with van der Waals surface area (Å²) in [6.07, 6.45) is 1.79. The van der Waals surface area contributed by atoms with E-state index in [-0.39, 0.29) is 27.4 Å². The zero-order valence-corrected chi connectivity index (χ0v) is 13.5. The lowest BCUT2D eigenvalue weighted by atomic mass is 10.2. The molecule has 0 aliphatic heterocycles. The molecule has 0 aliphatic carbocycles. The molecule has 0 spiro atoms. The zero-order chi connectivity index (χ0) is 17.5. The van der Waals surface area contributed by atoms with Crippen molar-refractivity contribution in [3.05, 3.63) is 46.3 Å². The maximum absolute atomic E-state index is 11.2. The van der Waals surface area contributed by atoms with Crippen LogP contribution in [0.25, 0.3) is 10.4 Å². The quantitative estimate of drug-likeness (QED) is 0.269. The monoisotopic (exact) mass is 334 g/mol. The number of hydrogen-bond donors (Lipinski definition) is 0. The topological polar surface area (TPSA) is 58.0 Å². The Morgan fingerprint density at radius 1 is 1.09 bits per heavy atom. The number of azide groups is 1. The summed E-state index contributed by atoms with van der Waals surface area (Å²) in [7, 11) is 0.500. The Kier molecular flexibility index (Phi) is 41.1. The predicted octanol–water partition coefficient (Wildman–Crippen LogP) is 6.08. The molecule has 0 bridgehead atoms. The molecule has 0 heterocycles. The van der Waals surface area contributed by atoms with Crippen LogP contribution >= 0.6 is 0 Å². The SMILES string of the molecule is C.CCC[18F].CCc1ccccc1.C[18F].[N-]=[N+]=NCOCC[18F]. The molecule has 1 aromatic carbocycles. The van der Waals surface area contributed by atoms with Crippen molar-refractivity contribution in [2.75, 3.05) is 33.9 Å². The Morgan fingerprint density at radius 3 is 1.91 bits per heavy atom. The maximum atomic E-state index is 11.2. The molecule has 23 heavy (non-hydrogen) atoms. The van der Waals surface area contributed by atoms with Gasteiger partial charge < -0.3 is 4.74 Å². The number of hydrogen-bond acceptors (Lipinski definition) is 2. The molecule has 7 heteroatoms. The molecule has 0 radical (unpaired) electrons. The number of ether oxygens (including phenoxy) is 1. The van der Waals surface area contributed by atoms with E-state index in [2.05, 4.69) is 46.0 Å². The average Bonchev–Trinajstić information content (AvgIpc) is 2.62. The lowest BCUT2D eigenvalue weighted by Gasteiger charge is -1.90. The van der Waals surface area contributed by atoms with Gasteiger partial charge in [-0.25, -0.2) is 4.39 Å². The molecule has 0 amide bonds. The van der Waals surface area contributed by atoms with Crippen molar-refractivity contribution < 1.29 is 17.9 Å². The van der Waals surface area contributed by atoms with Crippen LogP contribution in [-0.2, 0) is 11.2 Å². The predicted molar refractivity (Wildman–Crippen MR) is 91.8 cm³/mol. The second-order valence-electron chi connectivity index (χ2n) is 3.49. The number of rotatable bonds is 6. The summed E-state index contributed by atoms with van der Waals surface area (Å²) in [6, 6.07) is 10.5. The summed E-state index contributed by atoms with van der Waals surface area (Å²) in [4.78, 5) is 2.39. The molecule has 0 unspecified atom stereocenters. The van der Waals surface area contributed by atoms with E-state index < -0.39 is 6.67 Å². The third kappa shape index (κ3) is 33.2. The van der Waals surface area contributed by atoms with Crippen LogP contribution in [-0.4, -0.2) is 33.9 Å². The van der Waals surface area contributed by atoms with Gasteiger partial charge in [-0.2, -0.15) is 0 Å². The van der Waals surface area contributed by atoms with Crippen LogP contribution in [0.1, 0.15) is 33.3 Å². The van der Waals surface area contributed by atoms with Gasteiger partial charge in [0.1, 0.15) is 13.4 Å². The fraction of sp³-hybridized carbons (Fsp3) is 0.625. The normalized spacial score (nSPS) is 7.57. The molecule has 0 saturated heterocycles. The van der Waals surface area contributed by atoms with E-state index in [1.807, 2.05) is 6.07 Å². The van der Waals surface area contributed by atoms with Gasteiger partial charge in [-0.15, -0.1) is 0 Å². The third-order valence-electron chi connectivity index (χ3n) is 1.87. The highest BCUT2D eigenvalue weighted by Crippen LogP contribution is 1.96. The van der Waals surface area contributed by atoms with Crippen LogP contribution in [0, 0.1) is 0 Å². The lowest BCUT2D eigenvalue weighted by Crippen LogP contribution is -1.94. The van der Waals surface area contributed by atoms with Gasteiger partial charge in [0, 0.05) is 4.91 Å². The minimum Gasteiger partial charge on any atom is -0.373 e. The third-order valence-corrected chi connectivity index (χ3v) is 1.87. The molecule has 0 aliphatic rings. The van der Waals surface area contributed by atoms with Crippen molar-refractivity contribution in [2.45, 2.75) is 34.1 Å². The highest BCUT2D eigenvalue weighted by molar-refractivity contribution is 5.13. The number of nitrogens with zero attached hydrogens (tertiary/aromatic N) is 3. The van der Waals surface area contributed by atoms with Crippen molar-refractivity contribution >= 4 is 0 Å². The molecule has 136 valence electrons. The standard InChI is InChI=1S/C8H10.C3H6FN3O.C3H7F.CH3F.CH4/c1-2-8-6-4-3-5-7-8;4-1-2-8-3-6-7-5;1-2-3-4;1-2;/h3-7H,2H2,1H3;1-3H2;2-3H2,1H3;1H3;1H4/i;2*4-1;2-1;. The molecule has 0 atom stereocenters. The van der Waals surface area contributed by atoms with Gasteiger partial charge in [-0.05, 0) is 23.9 Å². The molecular weight excluding hydrogens is 304 g/mol. The first-order valence-electron chi connectivity index (χ1n) is 6.88. The summed E-state index contributed by atoms with van der Waals surface area (Å²) >= 11 is 0. The van der Waals surface area contributed by atoms with Crippen molar-refractivity contribution in [3.8, 4) is 0 Å². The smallest absolute Gasteiger partial charge is 0.126 e. The van der Waals surface area contributed by atoms with Gasteiger partial charge in [0.25, 0.3) is 0 Å². The molecule has 0 fully saturated rings.